The largest absolute Gasteiger partial charge is 0.475 e. The van der Waals surface area contributed by atoms with Crippen molar-refractivity contribution in [1.82, 2.24) is 40.6 Å². The summed E-state index contributed by atoms with van der Waals surface area (Å²) in [6.45, 7) is 12.6. The second kappa shape index (κ2) is 21.4. The van der Waals surface area contributed by atoms with Gasteiger partial charge in [0.2, 0.25) is 23.6 Å². The van der Waals surface area contributed by atoms with Gasteiger partial charge in [-0.25, -0.2) is 14.2 Å². The first-order chi connectivity index (χ1) is 33.6. The normalized spacial score (nSPS) is 17.7. The number of nitrogens with one attached hydrogen (secondary N) is 4. The third-order valence-electron chi connectivity index (χ3n) is 13.0. The van der Waals surface area contributed by atoms with Gasteiger partial charge in [-0.2, -0.15) is 0 Å². The molecule has 2 aromatic heterocycles. The number of esters is 1. The number of hydrogen-bond acceptors (Lipinski definition) is 14. The van der Waals surface area contributed by atoms with Crippen LogP contribution >= 0.6 is 0 Å². The zero-order chi connectivity index (χ0) is 51.4. The van der Waals surface area contributed by atoms with Gasteiger partial charge in [-0.15, -0.1) is 0 Å². The van der Waals surface area contributed by atoms with Crippen LogP contribution in [0.4, 0.5) is 4.39 Å². The summed E-state index contributed by atoms with van der Waals surface area (Å²) in [5.74, 6) is -3.90. The van der Waals surface area contributed by atoms with Gasteiger partial charge in [0, 0.05) is 104 Å². The number of ether oxygens (including phenoxy) is 3. The van der Waals surface area contributed by atoms with Crippen LogP contribution in [0.1, 0.15) is 115 Å². The molecule has 0 saturated heterocycles. The maximum atomic E-state index is 15.5. The summed E-state index contributed by atoms with van der Waals surface area (Å²) in [5.41, 5.74) is -0.524. The van der Waals surface area contributed by atoms with Gasteiger partial charge in [0.25, 0.3) is 17.4 Å². The molecule has 0 spiro atoms. The monoisotopic (exact) mass is 986 g/mol. The summed E-state index contributed by atoms with van der Waals surface area (Å²) < 4.78 is 33.9. The fourth-order valence-corrected chi connectivity index (χ4v) is 9.02. The molecule has 2 atom stereocenters. The van der Waals surface area contributed by atoms with E-state index in [-0.39, 0.29) is 125 Å². The van der Waals surface area contributed by atoms with Crippen LogP contribution in [0.25, 0.3) is 22.3 Å². The molecule has 0 aliphatic carbocycles. The first-order valence-electron chi connectivity index (χ1n) is 24.1. The molecule has 0 radical (unpaired) electrons. The minimum atomic E-state index is -1.98. The summed E-state index contributed by atoms with van der Waals surface area (Å²) in [5, 5.41) is 23.1. The second-order valence-corrected chi connectivity index (χ2v) is 20.0. The summed E-state index contributed by atoms with van der Waals surface area (Å²) in [6.07, 6.45) is 3.20. The van der Waals surface area contributed by atoms with E-state index in [4.69, 9.17) is 19.2 Å². The molecule has 6 amide bonds. The van der Waals surface area contributed by atoms with Crippen LogP contribution in [0.5, 0.6) is 5.75 Å². The number of halogens is 1. The number of nitrogens with zero attached hydrogens (tertiary/aromatic N) is 4. The molecule has 0 bridgehead atoms. The van der Waals surface area contributed by atoms with Gasteiger partial charge in [0.15, 0.2) is 17.2 Å². The Balaban J connectivity index is 0.896. The Morgan fingerprint density at radius 3 is 2.34 bits per heavy atom. The summed E-state index contributed by atoms with van der Waals surface area (Å²) >= 11 is 0. The lowest BCUT2D eigenvalue weighted by atomic mass is 9.86. The SMILES string of the molecule is CC[C@@]1(O)C(=O)OCc2c1cc1n(c2=O)Cc2cc3c4c(c(F)cc3nc2-1)OCN(CCNC(=O)CCCNC(=O)[C@H](CCC(=O)NC(C)(C)CCOC(C)(C)C)NC(=O)CCCN1C(=O)C=CC1=O)C4. The van der Waals surface area contributed by atoms with Crippen molar-refractivity contribution in [2.45, 2.75) is 135 Å². The van der Waals surface area contributed by atoms with Gasteiger partial charge in [-0.1, -0.05) is 6.92 Å². The molecule has 7 rings (SSSR count). The fraction of sp³-hybridized carbons (Fsp3) is 0.540. The summed E-state index contributed by atoms with van der Waals surface area (Å²) in [4.78, 5) is 110. The predicted octanol–water partition coefficient (Wildman–Crippen LogP) is 2.45. The van der Waals surface area contributed by atoms with Crippen LogP contribution in [0.15, 0.2) is 35.1 Å². The van der Waals surface area contributed by atoms with Crippen molar-refractivity contribution in [3.63, 3.8) is 0 Å². The molecule has 4 aliphatic heterocycles. The minimum Gasteiger partial charge on any atom is -0.475 e. The Hall–Kier alpha value is -6.58. The van der Waals surface area contributed by atoms with Crippen LogP contribution in [0.3, 0.4) is 0 Å². The lowest BCUT2D eigenvalue weighted by Crippen LogP contribution is -2.49. The topological polar surface area (TPSA) is 257 Å². The number of fused-ring (bicyclic) bond motifs is 7. The van der Waals surface area contributed by atoms with E-state index in [1.165, 1.54) is 10.6 Å². The Morgan fingerprint density at radius 1 is 0.887 bits per heavy atom. The maximum absolute atomic E-state index is 15.5. The minimum absolute atomic E-state index is 0.000647. The molecule has 71 heavy (non-hydrogen) atoms. The standard InChI is InChI=1S/C50H63FN8O12/c1-7-50(68)33-23-37-43-29(25-59(37)46(66)32(33)27-69-47(50)67)22-30-31-26-57(28-70-44(31)34(51)24-36(30)55-43)20-18-52-38(60)10-8-17-53-45(65)35(54-39(61)11-9-19-58-41(63)14-15-42(58)64)12-13-40(62)56-49(5,6)16-21-71-48(2,3)4/h14-15,22-24,35,68H,7-13,16-21,25-28H2,1-6H3,(H,52,60)(H,53,65)(H,54,61)(H,56,62)/t35-,50-/m0/s1. The molecule has 382 valence electrons. The van der Waals surface area contributed by atoms with Crippen molar-refractivity contribution in [2.24, 2.45) is 0 Å². The van der Waals surface area contributed by atoms with Gasteiger partial charge in [-0.3, -0.25) is 43.4 Å². The number of rotatable bonds is 21. The van der Waals surface area contributed by atoms with E-state index >= 15 is 4.39 Å². The van der Waals surface area contributed by atoms with Crippen LogP contribution < -0.4 is 31.6 Å². The van der Waals surface area contributed by atoms with Crippen molar-refractivity contribution in [3.8, 4) is 17.1 Å². The number of aromatic nitrogens is 2. The van der Waals surface area contributed by atoms with Crippen molar-refractivity contribution in [3.05, 3.63) is 68.8 Å². The lowest BCUT2D eigenvalue weighted by Gasteiger charge is -2.31. The molecule has 0 fully saturated rings. The second-order valence-electron chi connectivity index (χ2n) is 20.0. The smallest absolute Gasteiger partial charge is 0.343 e. The molecule has 3 aromatic rings. The highest BCUT2D eigenvalue weighted by molar-refractivity contribution is 6.12. The zero-order valence-electron chi connectivity index (χ0n) is 41.1. The lowest BCUT2D eigenvalue weighted by molar-refractivity contribution is -0.172. The van der Waals surface area contributed by atoms with Crippen molar-refractivity contribution >= 4 is 52.3 Å². The molecule has 21 heteroatoms. The van der Waals surface area contributed by atoms with E-state index in [1.807, 2.05) is 45.6 Å². The highest BCUT2D eigenvalue weighted by Crippen LogP contribution is 2.41. The fourth-order valence-electron chi connectivity index (χ4n) is 9.02. The average Bonchev–Trinajstić information content (AvgIpc) is 3.83. The number of benzene rings is 1. The molecule has 20 nitrogen and oxygen atoms in total. The Labute approximate surface area is 410 Å². The van der Waals surface area contributed by atoms with Crippen LogP contribution in [0, 0.1) is 5.82 Å². The summed E-state index contributed by atoms with van der Waals surface area (Å²) in [7, 11) is 0. The van der Waals surface area contributed by atoms with E-state index in [9.17, 15) is 43.5 Å². The molecule has 1 aromatic carbocycles. The van der Waals surface area contributed by atoms with Crippen LogP contribution in [-0.2, 0) is 68.3 Å². The van der Waals surface area contributed by atoms with Crippen molar-refractivity contribution < 1.29 is 57.3 Å². The van der Waals surface area contributed by atoms with Crippen LogP contribution in [0.2, 0.25) is 0 Å². The van der Waals surface area contributed by atoms with E-state index in [1.54, 1.807) is 13.0 Å². The Morgan fingerprint density at radius 2 is 1.62 bits per heavy atom. The van der Waals surface area contributed by atoms with Gasteiger partial charge in [0.05, 0.1) is 34.6 Å². The number of cyclic esters (lactones) is 1. The first-order valence-corrected chi connectivity index (χ1v) is 24.1. The number of amides is 6. The highest BCUT2D eigenvalue weighted by Gasteiger charge is 2.45. The number of imide groups is 1. The molecule has 6 heterocycles. The molecular weight excluding hydrogens is 924 g/mol. The quantitative estimate of drug-likeness (QED) is 0.0457. The van der Waals surface area contributed by atoms with Gasteiger partial charge in [-0.05, 0) is 78.9 Å². The maximum Gasteiger partial charge on any atom is 0.343 e. The van der Waals surface area contributed by atoms with E-state index in [0.717, 1.165) is 17.1 Å². The molecule has 4 aliphatic rings. The van der Waals surface area contributed by atoms with E-state index < -0.39 is 58.2 Å². The van der Waals surface area contributed by atoms with Gasteiger partial charge >= 0.3 is 5.97 Å². The van der Waals surface area contributed by atoms with Gasteiger partial charge in [0.1, 0.15) is 19.4 Å². The predicted molar refractivity (Wildman–Crippen MR) is 254 cm³/mol. The highest BCUT2D eigenvalue weighted by atomic mass is 19.1. The van der Waals surface area contributed by atoms with Gasteiger partial charge < -0.3 is 45.2 Å². The number of aliphatic hydroxyl groups is 1. The van der Waals surface area contributed by atoms with E-state index in [2.05, 4.69) is 21.3 Å². The molecule has 0 unspecified atom stereocenters. The number of carbonyl (C=O) groups excluding carboxylic acids is 7. The van der Waals surface area contributed by atoms with Crippen molar-refractivity contribution in [1.29, 1.82) is 0 Å². The average molecular weight is 987 g/mol. The third kappa shape index (κ3) is 12.1. The molecule has 5 N–H and O–H groups in total. The summed E-state index contributed by atoms with van der Waals surface area (Å²) in [6, 6.07) is 3.65. The zero-order valence-corrected chi connectivity index (χ0v) is 41.1. The number of carbonyl (C=O) groups is 7. The molecule has 0 saturated carbocycles. The van der Waals surface area contributed by atoms with E-state index in [0.29, 0.717) is 53.0 Å². The van der Waals surface area contributed by atoms with Crippen molar-refractivity contribution in [2.75, 3.05) is 39.5 Å². The first kappa shape index (κ1) is 52.2. The third-order valence-corrected chi connectivity index (χ3v) is 13.0. The Bertz CT molecular complexity index is 2710. The Kier molecular flexibility index (Phi) is 15.8. The number of pyridine rings is 2. The van der Waals surface area contributed by atoms with Crippen LogP contribution in [-0.4, -0.2) is 123 Å². The molecular formula is C50H63FN8O12. The number of hydrogen-bond donors (Lipinski definition) is 5.